The molecule has 1 amide bonds. The van der Waals surface area contributed by atoms with Crippen LogP contribution in [0.1, 0.15) is 29.0 Å². The number of rotatable bonds is 6. The molecule has 1 aliphatic heterocycles. The van der Waals surface area contributed by atoms with E-state index in [-0.39, 0.29) is 17.9 Å². The van der Waals surface area contributed by atoms with Crippen LogP contribution in [-0.4, -0.2) is 21.2 Å². The molecule has 0 saturated heterocycles. The summed E-state index contributed by atoms with van der Waals surface area (Å²) in [5.74, 6) is 3.48. The molecule has 3 aromatic rings. The molecule has 2 aromatic carbocycles. The SMILES string of the molecule is C#CCSc1nc(=O)c2c(n1C)NC(=O)CC2c1ccc(OCc2ccccc2Cl)cc1. The fourth-order valence-electron chi connectivity index (χ4n) is 3.63. The summed E-state index contributed by atoms with van der Waals surface area (Å²) in [5.41, 5.74) is 1.85. The molecule has 0 radical (unpaired) electrons. The van der Waals surface area contributed by atoms with Gasteiger partial charge in [0.15, 0.2) is 5.16 Å². The van der Waals surface area contributed by atoms with Crippen molar-refractivity contribution in [3.8, 4) is 18.1 Å². The molecular formula is C24H20ClN3O3S. The van der Waals surface area contributed by atoms with E-state index in [1.165, 1.54) is 11.8 Å². The monoisotopic (exact) mass is 465 g/mol. The Labute approximate surface area is 195 Å². The van der Waals surface area contributed by atoms with E-state index in [0.29, 0.717) is 39.7 Å². The number of anilines is 1. The number of amides is 1. The molecule has 8 heteroatoms. The van der Waals surface area contributed by atoms with Crippen LogP contribution in [0.2, 0.25) is 5.02 Å². The predicted octanol–water partition coefficient (Wildman–Crippen LogP) is 4.21. The first-order valence-corrected chi connectivity index (χ1v) is 11.3. The number of terminal acetylenes is 1. The summed E-state index contributed by atoms with van der Waals surface area (Å²) in [6, 6.07) is 14.9. The minimum Gasteiger partial charge on any atom is -0.489 e. The maximum absolute atomic E-state index is 12.9. The summed E-state index contributed by atoms with van der Waals surface area (Å²) >= 11 is 7.46. The smallest absolute Gasteiger partial charge is 0.279 e. The van der Waals surface area contributed by atoms with Crippen molar-refractivity contribution in [2.75, 3.05) is 11.1 Å². The van der Waals surface area contributed by atoms with E-state index in [1.54, 1.807) is 11.6 Å². The lowest BCUT2D eigenvalue weighted by molar-refractivity contribution is -0.116. The van der Waals surface area contributed by atoms with Crippen molar-refractivity contribution in [3.05, 3.63) is 80.6 Å². The van der Waals surface area contributed by atoms with Crippen LogP contribution in [0.4, 0.5) is 5.82 Å². The molecule has 1 aliphatic rings. The van der Waals surface area contributed by atoms with Gasteiger partial charge in [-0.05, 0) is 23.8 Å². The fraction of sp³-hybridized carbons (Fsp3) is 0.208. The topological polar surface area (TPSA) is 73.2 Å². The van der Waals surface area contributed by atoms with Gasteiger partial charge in [-0.2, -0.15) is 4.98 Å². The molecule has 32 heavy (non-hydrogen) atoms. The average molecular weight is 466 g/mol. The van der Waals surface area contributed by atoms with E-state index in [1.807, 2.05) is 48.5 Å². The van der Waals surface area contributed by atoms with Crippen LogP contribution in [0.15, 0.2) is 58.5 Å². The Hall–Kier alpha value is -3.21. The standard InChI is InChI=1S/C24H20ClN3O3S/c1-3-12-32-24-27-23(30)21-18(13-20(29)26-22(21)28(24)2)15-8-10-17(11-9-15)31-14-16-6-4-5-7-19(16)25/h1,4-11,18H,12-14H2,2H3,(H,26,29). The summed E-state index contributed by atoms with van der Waals surface area (Å²) in [6.45, 7) is 0.344. The van der Waals surface area contributed by atoms with Crippen LogP contribution >= 0.6 is 23.4 Å². The summed E-state index contributed by atoms with van der Waals surface area (Å²) in [5, 5.41) is 3.94. The molecule has 0 fully saturated rings. The predicted molar refractivity (Wildman–Crippen MR) is 126 cm³/mol. The van der Waals surface area contributed by atoms with Gasteiger partial charge in [0.25, 0.3) is 5.56 Å². The second-order valence-corrected chi connectivity index (χ2v) is 8.62. The number of carbonyl (C=O) groups excluding carboxylic acids is 1. The van der Waals surface area contributed by atoms with Crippen molar-refractivity contribution in [1.29, 1.82) is 0 Å². The first-order valence-electron chi connectivity index (χ1n) is 9.91. The van der Waals surface area contributed by atoms with E-state index < -0.39 is 5.92 Å². The third kappa shape index (κ3) is 4.52. The normalized spacial score (nSPS) is 14.9. The molecule has 1 N–H and O–H groups in total. The molecule has 162 valence electrons. The van der Waals surface area contributed by atoms with Crippen LogP contribution in [0.5, 0.6) is 5.75 Å². The van der Waals surface area contributed by atoms with Crippen molar-refractivity contribution in [1.82, 2.24) is 9.55 Å². The van der Waals surface area contributed by atoms with Crippen LogP contribution < -0.4 is 15.6 Å². The van der Waals surface area contributed by atoms with Crippen molar-refractivity contribution in [2.24, 2.45) is 7.05 Å². The first-order chi connectivity index (χ1) is 15.5. The fourth-order valence-corrected chi connectivity index (χ4v) is 4.46. The Kier molecular flexibility index (Phi) is 6.54. The lowest BCUT2D eigenvalue weighted by atomic mass is 9.87. The Morgan fingerprint density at radius 3 is 2.72 bits per heavy atom. The number of halogens is 1. The summed E-state index contributed by atoms with van der Waals surface area (Å²) in [7, 11) is 1.76. The molecule has 0 spiro atoms. The lowest BCUT2D eigenvalue weighted by Crippen LogP contribution is -2.33. The highest BCUT2D eigenvalue weighted by Crippen LogP contribution is 2.36. The number of fused-ring (bicyclic) bond motifs is 1. The van der Waals surface area contributed by atoms with Gasteiger partial charge in [-0.3, -0.25) is 9.59 Å². The first kappa shape index (κ1) is 22.0. The van der Waals surface area contributed by atoms with Crippen LogP contribution in [0.3, 0.4) is 0 Å². The molecule has 1 atom stereocenters. The van der Waals surface area contributed by atoms with E-state index in [2.05, 4.69) is 16.2 Å². The van der Waals surface area contributed by atoms with Crippen LogP contribution in [-0.2, 0) is 18.4 Å². The van der Waals surface area contributed by atoms with E-state index in [4.69, 9.17) is 22.8 Å². The number of thioether (sulfide) groups is 1. The Balaban J connectivity index is 1.60. The van der Waals surface area contributed by atoms with E-state index >= 15 is 0 Å². The number of benzene rings is 2. The van der Waals surface area contributed by atoms with Crippen molar-refractivity contribution in [2.45, 2.75) is 24.1 Å². The quantitative estimate of drug-likeness (QED) is 0.335. The number of aromatic nitrogens is 2. The Morgan fingerprint density at radius 2 is 2.00 bits per heavy atom. The maximum Gasteiger partial charge on any atom is 0.279 e. The molecule has 0 bridgehead atoms. The molecular weight excluding hydrogens is 446 g/mol. The molecule has 6 nitrogen and oxygen atoms in total. The number of nitrogens with one attached hydrogen (secondary N) is 1. The average Bonchev–Trinajstić information content (AvgIpc) is 2.79. The van der Waals surface area contributed by atoms with E-state index in [9.17, 15) is 9.59 Å². The van der Waals surface area contributed by atoms with Gasteiger partial charge in [0.05, 0.1) is 11.3 Å². The zero-order chi connectivity index (χ0) is 22.7. The second-order valence-electron chi connectivity index (χ2n) is 7.27. The van der Waals surface area contributed by atoms with Gasteiger partial charge in [0.2, 0.25) is 5.91 Å². The van der Waals surface area contributed by atoms with Gasteiger partial charge in [-0.1, -0.05) is 59.6 Å². The number of ether oxygens (including phenoxy) is 1. The Morgan fingerprint density at radius 1 is 1.25 bits per heavy atom. The lowest BCUT2D eigenvalue weighted by Gasteiger charge is -2.27. The second kappa shape index (κ2) is 9.51. The number of nitrogens with zero attached hydrogens (tertiary/aromatic N) is 2. The third-order valence-corrected chi connectivity index (χ3v) is 6.52. The number of carbonyl (C=O) groups is 1. The van der Waals surface area contributed by atoms with Gasteiger partial charge >= 0.3 is 0 Å². The number of hydrogen-bond acceptors (Lipinski definition) is 5. The highest BCUT2D eigenvalue weighted by Gasteiger charge is 2.32. The van der Waals surface area contributed by atoms with E-state index in [0.717, 1.165) is 11.1 Å². The molecule has 0 aliphatic carbocycles. The van der Waals surface area contributed by atoms with Crippen LogP contribution in [0, 0.1) is 12.3 Å². The summed E-state index contributed by atoms with van der Waals surface area (Å²) < 4.78 is 7.55. The number of hydrogen-bond donors (Lipinski definition) is 1. The zero-order valence-corrected chi connectivity index (χ0v) is 18.9. The Bertz CT molecular complexity index is 1260. The third-order valence-electron chi connectivity index (χ3n) is 5.22. The largest absolute Gasteiger partial charge is 0.489 e. The summed E-state index contributed by atoms with van der Waals surface area (Å²) in [6.07, 6.45) is 5.49. The van der Waals surface area contributed by atoms with Crippen LogP contribution in [0.25, 0.3) is 0 Å². The molecule has 2 heterocycles. The van der Waals surface area contributed by atoms with Crippen molar-refractivity contribution >= 4 is 35.1 Å². The van der Waals surface area contributed by atoms with Gasteiger partial charge in [-0.15, -0.1) is 6.42 Å². The highest BCUT2D eigenvalue weighted by atomic mass is 35.5. The molecule has 1 aromatic heterocycles. The van der Waals surface area contributed by atoms with Gasteiger partial charge < -0.3 is 14.6 Å². The molecule has 4 rings (SSSR count). The molecule has 1 unspecified atom stereocenters. The van der Waals surface area contributed by atoms with Crippen molar-refractivity contribution in [3.63, 3.8) is 0 Å². The minimum atomic E-state index is -0.394. The zero-order valence-electron chi connectivity index (χ0n) is 17.3. The summed E-state index contributed by atoms with van der Waals surface area (Å²) in [4.78, 5) is 29.5. The minimum absolute atomic E-state index is 0.157. The van der Waals surface area contributed by atoms with Gasteiger partial charge in [-0.25, -0.2) is 0 Å². The van der Waals surface area contributed by atoms with Gasteiger partial charge in [0, 0.05) is 30.0 Å². The van der Waals surface area contributed by atoms with Crippen molar-refractivity contribution < 1.29 is 9.53 Å². The highest BCUT2D eigenvalue weighted by molar-refractivity contribution is 7.99. The van der Waals surface area contributed by atoms with Gasteiger partial charge in [0.1, 0.15) is 18.2 Å². The molecule has 0 saturated carbocycles. The maximum atomic E-state index is 12.9.